The average Bonchev–Trinajstić information content (AvgIpc) is 2.62. The van der Waals surface area contributed by atoms with Crippen LogP contribution in [0.25, 0.3) is 0 Å². The normalized spacial score (nSPS) is 16.6. The van der Waals surface area contributed by atoms with E-state index in [0.29, 0.717) is 15.2 Å². The third-order valence-corrected chi connectivity index (χ3v) is 7.22. The van der Waals surface area contributed by atoms with Gasteiger partial charge in [-0.2, -0.15) is 0 Å². The van der Waals surface area contributed by atoms with Crippen LogP contribution >= 0.6 is 35.1 Å². The molecular formula is C19H20ClNOS2. The van der Waals surface area contributed by atoms with Gasteiger partial charge in [0.1, 0.15) is 0 Å². The molecule has 0 aromatic heterocycles. The number of benzene rings is 2. The van der Waals surface area contributed by atoms with Gasteiger partial charge in [0.05, 0.1) is 10.6 Å². The minimum absolute atomic E-state index is 0.0574. The van der Waals surface area contributed by atoms with Crippen molar-refractivity contribution in [1.82, 2.24) is 5.32 Å². The predicted octanol–water partition coefficient (Wildman–Crippen LogP) is 5.70. The molecule has 2 nitrogen and oxygen atoms in total. The Morgan fingerprint density at radius 1 is 1.17 bits per heavy atom. The Balaban J connectivity index is 1.64. The summed E-state index contributed by atoms with van der Waals surface area (Å²) in [5.41, 5.74) is 2.99. The van der Waals surface area contributed by atoms with Crippen LogP contribution in [0.15, 0.2) is 48.5 Å². The molecule has 0 saturated carbocycles. The van der Waals surface area contributed by atoms with Crippen molar-refractivity contribution in [1.29, 1.82) is 0 Å². The molecule has 1 amide bonds. The Morgan fingerprint density at radius 3 is 2.54 bits per heavy atom. The number of thioether (sulfide) groups is 2. The Kier molecular flexibility index (Phi) is 6.14. The van der Waals surface area contributed by atoms with E-state index in [0.717, 1.165) is 5.56 Å². The van der Waals surface area contributed by atoms with Gasteiger partial charge in [0.2, 0.25) is 0 Å². The first-order valence-corrected chi connectivity index (χ1v) is 10.5. The van der Waals surface area contributed by atoms with Crippen LogP contribution < -0.4 is 5.32 Å². The fraction of sp³-hybridized carbons (Fsp3) is 0.316. The molecule has 24 heavy (non-hydrogen) atoms. The zero-order chi connectivity index (χ0) is 16.9. The fourth-order valence-corrected chi connectivity index (χ4v) is 5.70. The third-order valence-electron chi connectivity index (χ3n) is 3.97. The van der Waals surface area contributed by atoms with Crippen molar-refractivity contribution in [3.63, 3.8) is 0 Å². The van der Waals surface area contributed by atoms with Crippen LogP contribution in [0.3, 0.4) is 0 Å². The molecule has 1 atom stereocenters. The molecule has 1 aliphatic rings. The van der Waals surface area contributed by atoms with E-state index in [1.165, 1.54) is 23.5 Å². The summed E-state index contributed by atoms with van der Waals surface area (Å²) in [5, 5.41) is 3.71. The van der Waals surface area contributed by atoms with Crippen molar-refractivity contribution in [3.05, 3.63) is 70.2 Å². The first-order valence-electron chi connectivity index (χ1n) is 8.03. The van der Waals surface area contributed by atoms with Gasteiger partial charge in [0, 0.05) is 10.6 Å². The minimum atomic E-state index is -0.0830. The second kappa shape index (κ2) is 8.32. The molecule has 1 fully saturated rings. The van der Waals surface area contributed by atoms with Gasteiger partial charge in [-0.05, 0) is 60.2 Å². The van der Waals surface area contributed by atoms with Crippen LogP contribution in [-0.2, 0) is 0 Å². The Hall–Kier alpha value is -1.10. The van der Waals surface area contributed by atoms with E-state index in [1.54, 1.807) is 0 Å². The fourth-order valence-electron chi connectivity index (χ4n) is 2.61. The van der Waals surface area contributed by atoms with Gasteiger partial charge in [-0.3, -0.25) is 4.79 Å². The van der Waals surface area contributed by atoms with Crippen molar-refractivity contribution >= 4 is 41.0 Å². The molecule has 0 radical (unpaired) electrons. The predicted molar refractivity (Wildman–Crippen MR) is 106 cm³/mol. The van der Waals surface area contributed by atoms with Crippen molar-refractivity contribution in [3.8, 4) is 0 Å². The van der Waals surface area contributed by atoms with Gasteiger partial charge in [-0.15, -0.1) is 23.5 Å². The molecule has 126 valence electrons. The SMILES string of the molecule is C[C@@H](NC(=O)c1ccc(C2SCCCS2)cc1)c1cccc(Cl)c1. The van der Waals surface area contributed by atoms with Crippen molar-refractivity contribution in [2.24, 2.45) is 0 Å². The maximum atomic E-state index is 12.4. The van der Waals surface area contributed by atoms with Gasteiger partial charge >= 0.3 is 0 Å². The van der Waals surface area contributed by atoms with E-state index in [2.05, 4.69) is 17.4 Å². The van der Waals surface area contributed by atoms with Crippen LogP contribution in [0.2, 0.25) is 5.02 Å². The summed E-state index contributed by atoms with van der Waals surface area (Å²) in [6, 6.07) is 15.5. The number of carbonyl (C=O) groups is 1. The second-order valence-electron chi connectivity index (χ2n) is 5.80. The highest BCUT2D eigenvalue weighted by Gasteiger charge is 2.17. The lowest BCUT2D eigenvalue weighted by molar-refractivity contribution is 0.0940. The third kappa shape index (κ3) is 4.50. The quantitative estimate of drug-likeness (QED) is 0.740. The van der Waals surface area contributed by atoms with Crippen molar-refractivity contribution < 1.29 is 4.79 Å². The summed E-state index contributed by atoms with van der Waals surface area (Å²) in [6.45, 7) is 1.97. The topological polar surface area (TPSA) is 29.1 Å². The monoisotopic (exact) mass is 377 g/mol. The summed E-state index contributed by atoms with van der Waals surface area (Å²) in [4.78, 5) is 12.4. The summed E-state index contributed by atoms with van der Waals surface area (Å²) in [5.74, 6) is 2.38. The summed E-state index contributed by atoms with van der Waals surface area (Å²) < 4.78 is 0.501. The van der Waals surface area contributed by atoms with E-state index in [4.69, 9.17) is 11.6 Å². The first-order chi connectivity index (χ1) is 11.6. The van der Waals surface area contributed by atoms with E-state index >= 15 is 0 Å². The summed E-state index contributed by atoms with van der Waals surface area (Å²) in [6.07, 6.45) is 1.29. The van der Waals surface area contributed by atoms with Gasteiger partial charge in [0.15, 0.2) is 0 Å². The Bertz CT molecular complexity index is 699. The standard InChI is InChI=1S/C19H20ClNOS2/c1-13(16-4-2-5-17(20)12-16)21-18(22)14-6-8-15(9-7-14)19-23-10-3-11-24-19/h2,4-9,12-13,19H,3,10-11H2,1H3,(H,21,22)/t13-/m1/s1. The minimum Gasteiger partial charge on any atom is -0.346 e. The molecular weight excluding hydrogens is 358 g/mol. The molecule has 0 unspecified atom stereocenters. The number of nitrogens with one attached hydrogen (secondary N) is 1. The molecule has 2 aromatic rings. The first kappa shape index (κ1) is 17.7. The average molecular weight is 378 g/mol. The number of halogens is 1. The lowest BCUT2D eigenvalue weighted by Gasteiger charge is -2.21. The van der Waals surface area contributed by atoms with Crippen LogP contribution in [-0.4, -0.2) is 17.4 Å². The Labute approximate surface area is 156 Å². The van der Waals surface area contributed by atoms with E-state index in [9.17, 15) is 4.79 Å². The zero-order valence-electron chi connectivity index (χ0n) is 13.5. The molecule has 1 saturated heterocycles. The number of hydrogen-bond donors (Lipinski definition) is 1. The van der Waals surface area contributed by atoms with E-state index < -0.39 is 0 Å². The molecule has 3 rings (SSSR count). The largest absolute Gasteiger partial charge is 0.346 e. The zero-order valence-corrected chi connectivity index (χ0v) is 15.9. The highest BCUT2D eigenvalue weighted by atomic mass is 35.5. The van der Waals surface area contributed by atoms with Crippen molar-refractivity contribution in [2.45, 2.75) is 24.0 Å². The molecule has 1 heterocycles. The van der Waals surface area contributed by atoms with Crippen molar-refractivity contribution in [2.75, 3.05) is 11.5 Å². The van der Waals surface area contributed by atoms with Gasteiger partial charge in [-0.1, -0.05) is 35.9 Å². The van der Waals surface area contributed by atoms with E-state index in [-0.39, 0.29) is 11.9 Å². The van der Waals surface area contributed by atoms with Gasteiger partial charge in [-0.25, -0.2) is 0 Å². The number of rotatable bonds is 4. The molecule has 0 bridgehead atoms. The molecule has 2 aromatic carbocycles. The lowest BCUT2D eigenvalue weighted by Crippen LogP contribution is -2.26. The van der Waals surface area contributed by atoms with E-state index in [1.807, 2.05) is 66.8 Å². The molecule has 0 spiro atoms. The smallest absolute Gasteiger partial charge is 0.251 e. The maximum Gasteiger partial charge on any atom is 0.251 e. The number of carbonyl (C=O) groups excluding carboxylic acids is 1. The summed E-state index contributed by atoms with van der Waals surface area (Å²) in [7, 11) is 0. The molecule has 0 aliphatic carbocycles. The molecule has 1 aliphatic heterocycles. The molecule has 5 heteroatoms. The van der Waals surface area contributed by atoms with Crippen LogP contribution in [0.4, 0.5) is 0 Å². The van der Waals surface area contributed by atoms with Crippen LogP contribution in [0.1, 0.15) is 45.5 Å². The molecule has 1 N–H and O–H groups in total. The summed E-state index contributed by atoms with van der Waals surface area (Å²) >= 11 is 10.00. The second-order valence-corrected chi connectivity index (χ2v) is 8.96. The lowest BCUT2D eigenvalue weighted by atomic mass is 10.1. The Morgan fingerprint density at radius 2 is 1.88 bits per heavy atom. The highest BCUT2D eigenvalue weighted by molar-refractivity contribution is 8.16. The van der Waals surface area contributed by atoms with Gasteiger partial charge < -0.3 is 5.32 Å². The number of amides is 1. The highest BCUT2D eigenvalue weighted by Crippen LogP contribution is 2.43. The maximum absolute atomic E-state index is 12.4. The number of hydrogen-bond acceptors (Lipinski definition) is 3. The van der Waals surface area contributed by atoms with Crippen LogP contribution in [0, 0.1) is 0 Å². The van der Waals surface area contributed by atoms with Gasteiger partial charge in [0.25, 0.3) is 5.91 Å². The van der Waals surface area contributed by atoms with Crippen LogP contribution in [0.5, 0.6) is 0 Å².